The summed E-state index contributed by atoms with van der Waals surface area (Å²) in [7, 11) is 0. The zero-order valence-corrected chi connectivity index (χ0v) is 7.53. The third-order valence-corrected chi connectivity index (χ3v) is 0. The van der Waals surface area contributed by atoms with Gasteiger partial charge in [-0.25, -0.2) is 0 Å². The van der Waals surface area contributed by atoms with Crippen molar-refractivity contribution in [1.29, 1.82) is 0 Å². The van der Waals surface area contributed by atoms with Gasteiger partial charge in [0.2, 0.25) is 0 Å². The van der Waals surface area contributed by atoms with Gasteiger partial charge >= 0.3 is 28.3 Å². The third kappa shape index (κ3) is 260. The molecule has 1 unspecified atom stereocenters. The molecule has 5 nitrogen and oxygen atoms in total. The molecule has 0 saturated heterocycles. The Labute approximate surface area is 66.2 Å². The van der Waals surface area contributed by atoms with Crippen LogP contribution in [-0.4, -0.2) is 39.3 Å². The van der Waals surface area contributed by atoms with Gasteiger partial charge in [0, 0.05) is 0 Å². The van der Waals surface area contributed by atoms with Crippen LogP contribution >= 0.6 is 9.90 Å². The molecule has 0 saturated carbocycles. The monoisotopic (exact) mass is 172 g/mol. The Balaban J connectivity index is 0. The Kier molecular flexibility index (Phi) is 30200. The molecule has 0 bridgehead atoms. The van der Waals surface area contributed by atoms with Crippen molar-refractivity contribution >= 4 is 38.2 Å². The Morgan fingerprint density at radius 3 is 0.750 bits per heavy atom. The van der Waals surface area contributed by atoms with Crippen LogP contribution in [0.2, 0.25) is 0 Å². The van der Waals surface area contributed by atoms with E-state index in [4.69, 9.17) is 0 Å². The minimum atomic E-state index is 0. The van der Waals surface area contributed by atoms with Gasteiger partial charge in [-0.2, -0.15) is 9.90 Å². The predicted molar refractivity (Wildman–Crippen MR) is 30.2 cm³/mol. The maximum atomic E-state index is 0. The van der Waals surface area contributed by atoms with E-state index in [1.165, 1.54) is 0 Å². The molecule has 0 spiro atoms. The van der Waals surface area contributed by atoms with Crippen molar-refractivity contribution in [3.63, 3.8) is 0 Å². The van der Waals surface area contributed by atoms with E-state index in [0.29, 0.717) is 0 Å². The minimum absolute atomic E-state index is 0. The standard InChI is InChI=1S/Al.2H2O.3O.H3P.Si/h;2*1H2;;;;1H3;/q+3;;;3*-2;;+4/p-1. The molecule has 0 radical (unpaired) electrons. The zero-order valence-electron chi connectivity index (χ0n) is 3.96. The number of rotatable bonds is 0. The molecule has 0 aliphatic rings. The first-order chi connectivity index (χ1) is 0. The maximum Gasteiger partial charge on any atom is 4.00 e. The van der Waals surface area contributed by atoms with Gasteiger partial charge in [0.1, 0.15) is 0 Å². The fourth-order valence-corrected chi connectivity index (χ4v) is 0. The van der Waals surface area contributed by atoms with E-state index in [-0.39, 0.29) is 65.6 Å². The van der Waals surface area contributed by atoms with Crippen molar-refractivity contribution in [3.05, 3.63) is 0 Å². The van der Waals surface area contributed by atoms with Crippen LogP contribution in [0.1, 0.15) is 0 Å². The summed E-state index contributed by atoms with van der Waals surface area (Å²) in [6.07, 6.45) is 0. The van der Waals surface area contributed by atoms with Gasteiger partial charge in [0.15, 0.2) is 0 Å². The molecule has 0 rings (SSSR count). The number of hydrogen-bond acceptors (Lipinski definition) is 1. The summed E-state index contributed by atoms with van der Waals surface area (Å²) in [4.78, 5) is 0. The van der Waals surface area contributed by atoms with Crippen LogP contribution in [0.15, 0.2) is 0 Å². The summed E-state index contributed by atoms with van der Waals surface area (Å²) in [5.74, 6) is 0. The molecule has 0 fully saturated rings. The first kappa shape index (κ1) is 596. The predicted octanol–water partition coefficient (Wildman–Crippen LogP) is -2.06. The largest absolute Gasteiger partial charge is 4.00 e. The molecule has 3 N–H and O–H groups in total. The van der Waals surface area contributed by atoms with Crippen LogP contribution in [0.3, 0.4) is 0 Å². The maximum absolute atomic E-state index is 0. The SMILES string of the molecule is O.P.[Al+3].[O-2].[O-2].[O-2].[OH-].[Si+4]. The smallest absolute Gasteiger partial charge is 2.00 e. The van der Waals surface area contributed by atoms with Crippen molar-refractivity contribution in [2.24, 2.45) is 0 Å². The van der Waals surface area contributed by atoms with Crippen LogP contribution in [0.4, 0.5) is 0 Å². The summed E-state index contributed by atoms with van der Waals surface area (Å²) in [5.41, 5.74) is 0. The molecule has 0 heterocycles. The molecule has 0 aromatic heterocycles. The van der Waals surface area contributed by atoms with Crippen molar-refractivity contribution in [1.82, 2.24) is 0 Å². The first-order valence-electron chi connectivity index (χ1n) is 0. The van der Waals surface area contributed by atoms with Gasteiger partial charge in [-0.05, 0) is 0 Å². The summed E-state index contributed by atoms with van der Waals surface area (Å²) in [6.45, 7) is 0. The quantitative estimate of drug-likeness (QED) is 0.300. The molecule has 8 heavy (non-hydrogen) atoms. The fourth-order valence-electron chi connectivity index (χ4n) is 0. The average molecular weight is 172 g/mol. The molecule has 8 heteroatoms. The van der Waals surface area contributed by atoms with E-state index in [0.717, 1.165) is 0 Å². The van der Waals surface area contributed by atoms with Gasteiger partial charge < -0.3 is 27.4 Å². The zero-order chi connectivity index (χ0) is 0. The summed E-state index contributed by atoms with van der Waals surface area (Å²) < 4.78 is 0. The van der Waals surface area contributed by atoms with E-state index in [1.54, 1.807) is 0 Å². The second-order valence-electron chi connectivity index (χ2n) is 0. The Morgan fingerprint density at radius 2 is 0.750 bits per heavy atom. The van der Waals surface area contributed by atoms with Crippen LogP contribution in [0.25, 0.3) is 0 Å². The molecule has 0 amide bonds. The van der Waals surface area contributed by atoms with E-state index in [1.807, 2.05) is 0 Å². The molecule has 0 aliphatic heterocycles. The van der Waals surface area contributed by atoms with Crippen LogP contribution < -0.4 is 0 Å². The molecular weight excluding hydrogens is 166 g/mol. The summed E-state index contributed by atoms with van der Waals surface area (Å²) in [6, 6.07) is 0. The molecule has 0 aromatic rings. The van der Waals surface area contributed by atoms with Crippen molar-refractivity contribution < 1.29 is 27.4 Å². The molecular formula is H6AlO5PSi. The molecule has 0 aliphatic carbocycles. The Hall–Kier alpha value is 0.979. The third-order valence-electron chi connectivity index (χ3n) is 0. The second kappa shape index (κ2) is 405. The van der Waals surface area contributed by atoms with Crippen molar-refractivity contribution in [2.75, 3.05) is 0 Å². The normalized spacial score (nSPS) is 0. The molecule has 1 atom stereocenters. The number of hydrogen-bond donors (Lipinski definition) is 0. The van der Waals surface area contributed by atoms with Gasteiger partial charge in [-0.1, -0.05) is 0 Å². The van der Waals surface area contributed by atoms with Gasteiger partial charge in [-0.3, -0.25) is 0 Å². The van der Waals surface area contributed by atoms with Gasteiger partial charge in [0.05, 0.1) is 0 Å². The van der Waals surface area contributed by atoms with E-state index in [9.17, 15) is 0 Å². The molecule has 48 valence electrons. The van der Waals surface area contributed by atoms with Crippen molar-refractivity contribution in [2.45, 2.75) is 0 Å². The van der Waals surface area contributed by atoms with E-state index < -0.39 is 0 Å². The van der Waals surface area contributed by atoms with Gasteiger partial charge in [-0.15, -0.1) is 0 Å². The van der Waals surface area contributed by atoms with Crippen LogP contribution in [-0.2, 0) is 16.4 Å². The minimum Gasteiger partial charge on any atom is -2.00 e. The van der Waals surface area contributed by atoms with Crippen molar-refractivity contribution in [3.8, 4) is 0 Å². The van der Waals surface area contributed by atoms with E-state index in [2.05, 4.69) is 0 Å². The fraction of sp³-hybridized carbons (Fsp3) is 0. The molecule has 0 aromatic carbocycles. The summed E-state index contributed by atoms with van der Waals surface area (Å²) >= 11 is 0. The van der Waals surface area contributed by atoms with Crippen LogP contribution in [0.5, 0.6) is 0 Å². The first-order valence-corrected chi connectivity index (χ1v) is 0. The van der Waals surface area contributed by atoms with Crippen LogP contribution in [0, 0.1) is 0 Å². The van der Waals surface area contributed by atoms with Gasteiger partial charge in [0.25, 0.3) is 0 Å². The average Bonchev–Trinajstić information content (AvgIpc) is 0. The summed E-state index contributed by atoms with van der Waals surface area (Å²) in [5, 5.41) is 0. The second-order valence-corrected chi connectivity index (χ2v) is 0. The Bertz CT molecular complexity index is 12.4. The van der Waals surface area contributed by atoms with E-state index >= 15 is 0 Å². The topological polar surface area (TPSA) is 147 Å². The Morgan fingerprint density at radius 1 is 0.750 bits per heavy atom.